The first-order chi connectivity index (χ1) is 29.2. The molecule has 0 unspecified atom stereocenters. The molecule has 0 saturated heterocycles. The van der Waals surface area contributed by atoms with E-state index >= 15 is 0 Å². The molecule has 3 heteroatoms. The van der Waals surface area contributed by atoms with Crippen molar-refractivity contribution in [3.05, 3.63) is 200 Å². The molecule has 0 N–H and O–H groups in total. The lowest BCUT2D eigenvalue weighted by Gasteiger charge is -2.12. The van der Waals surface area contributed by atoms with Crippen molar-refractivity contribution in [3.63, 3.8) is 0 Å². The zero-order chi connectivity index (χ0) is 38.6. The van der Waals surface area contributed by atoms with E-state index in [2.05, 4.69) is 193 Å². The summed E-state index contributed by atoms with van der Waals surface area (Å²) < 4.78 is 8.64. The third-order valence-electron chi connectivity index (χ3n) is 12.8. The smallest absolute Gasteiger partial charge is 0.135 e. The lowest BCUT2D eigenvalue weighted by molar-refractivity contribution is 0.669. The fourth-order valence-corrected chi connectivity index (χ4v) is 12.1. The minimum atomic E-state index is -0.718. The van der Waals surface area contributed by atoms with E-state index < -0.39 is 9.52 Å². The van der Waals surface area contributed by atoms with Crippen LogP contribution >= 0.6 is 0 Å². The standard InChI is InChI=1S/C56H35NOSi/c1-3-13-41-34(9-1)11-7-16-43(41)38-20-26-51-48(30-38)49-31-39(44-17-8-12-35-10-2-4-14-42(35)44)21-27-52(49)57(51)40-23-25-47-46-24-19-37(32-55(46)59-56(47)33-40)36-22-28-54-50(29-36)45-15-5-6-18-53(45)58-54/h1-33H,59H2. The van der Waals surface area contributed by atoms with Gasteiger partial charge in [-0.2, -0.15) is 0 Å². The lowest BCUT2D eigenvalue weighted by atomic mass is 9.95. The van der Waals surface area contributed by atoms with Crippen molar-refractivity contribution >= 4 is 85.2 Å². The maximum absolute atomic E-state index is 6.14. The van der Waals surface area contributed by atoms with E-state index in [0.717, 1.165) is 11.2 Å². The van der Waals surface area contributed by atoms with E-state index in [9.17, 15) is 0 Å². The molecule has 0 bridgehead atoms. The number of para-hydroxylation sites is 1. The quantitative estimate of drug-likeness (QED) is 0.163. The number of aromatic nitrogens is 1. The van der Waals surface area contributed by atoms with Crippen molar-refractivity contribution in [2.45, 2.75) is 0 Å². The minimum absolute atomic E-state index is 0.718. The second-order valence-electron chi connectivity index (χ2n) is 16.1. The summed E-state index contributed by atoms with van der Waals surface area (Å²) in [6.45, 7) is 0. The molecular formula is C56H35NOSi. The maximum atomic E-state index is 6.14. The summed E-state index contributed by atoms with van der Waals surface area (Å²) in [4.78, 5) is 0. The van der Waals surface area contributed by atoms with Crippen LogP contribution in [0.2, 0.25) is 0 Å². The molecule has 274 valence electrons. The van der Waals surface area contributed by atoms with E-state index in [1.165, 1.54) is 115 Å². The SMILES string of the molecule is c1ccc2c(-c3ccc4c(c3)c3cc(-c5cccc6ccccc56)ccc3n4-c3ccc4c(c3)[SiH2]c3cc(-c5ccc6oc7ccccc7c6c5)ccc3-4)cccc2c1. The highest BCUT2D eigenvalue weighted by atomic mass is 28.2. The van der Waals surface area contributed by atoms with E-state index in [0.29, 0.717) is 0 Å². The Morgan fingerprint density at radius 3 is 1.53 bits per heavy atom. The summed E-state index contributed by atoms with van der Waals surface area (Å²) >= 11 is 0. The molecule has 12 aromatic rings. The van der Waals surface area contributed by atoms with Crippen molar-refractivity contribution in [1.82, 2.24) is 4.57 Å². The summed E-state index contributed by atoms with van der Waals surface area (Å²) in [5, 5.41) is 12.9. The Hall–Kier alpha value is -7.46. The Morgan fingerprint density at radius 1 is 0.322 bits per heavy atom. The van der Waals surface area contributed by atoms with Gasteiger partial charge in [0, 0.05) is 27.2 Å². The van der Waals surface area contributed by atoms with Crippen LogP contribution < -0.4 is 10.4 Å². The van der Waals surface area contributed by atoms with Gasteiger partial charge in [-0.05, 0) is 121 Å². The van der Waals surface area contributed by atoms with E-state index in [-0.39, 0.29) is 0 Å². The van der Waals surface area contributed by atoms with Crippen molar-refractivity contribution in [1.29, 1.82) is 0 Å². The first-order valence-electron chi connectivity index (χ1n) is 20.4. The highest BCUT2D eigenvalue weighted by Gasteiger charge is 2.22. The lowest BCUT2D eigenvalue weighted by Crippen LogP contribution is -2.21. The number of rotatable bonds is 4. The molecule has 10 aromatic carbocycles. The van der Waals surface area contributed by atoms with Crippen LogP contribution in [-0.2, 0) is 0 Å². The molecule has 0 spiro atoms. The minimum Gasteiger partial charge on any atom is -0.456 e. The largest absolute Gasteiger partial charge is 0.456 e. The molecule has 0 aliphatic carbocycles. The van der Waals surface area contributed by atoms with Crippen LogP contribution in [0.5, 0.6) is 0 Å². The Morgan fingerprint density at radius 2 is 0.831 bits per heavy atom. The Balaban J connectivity index is 0.949. The van der Waals surface area contributed by atoms with Crippen LogP contribution in [0.15, 0.2) is 205 Å². The summed E-state index contributed by atoms with van der Waals surface area (Å²) in [6.07, 6.45) is 0. The van der Waals surface area contributed by atoms with Gasteiger partial charge in [0.25, 0.3) is 0 Å². The van der Waals surface area contributed by atoms with Gasteiger partial charge in [0.15, 0.2) is 0 Å². The number of benzene rings is 10. The molecule has 59 heavy (non-hydrogen) atoms. The number of hydrogen-bond donors (Lipinski definition) is 0. The normalized spacial score (nSPS) is 12.7. The summed E-state index contributed by atoms with van der Waals surface area (Å²) in [6, 6.07) is 74.1. The molecule has 2 nitrogen and oxygen atoms in total. The van der Waals surface area contributed by atoms with Crippen LogP contribution in [0.3, 0.4) is 0 Å². The van der Waals surface area contributed by atoms with Gasteiger partial charge in [-0.25, -0.2) is 0 Å². The number of hydrogen-bond acceptors (Lipinski definition) is 1. The molecule has 0 saturated carbocycles. The third-order valence-corrected chi connectivity index (χ3v) is 14.7. The second kappa shape index (κ2) is 12.5. The van der Waals surface area contributed by atoms with Crippen molar-refractivity contribution in [3.8, 4) is 50.2 Å². The molecule has 0 atom stereocenters. The van der Waals surface area contributed by atoms with Crippen molar-refractivity contribution in [2.24, 2.45) is 0 Å². The van der Waals surface area contributed by atoms with Gasteiger partial charge in [0.1, 0.15) is 11.2 Å². The predicted octanol–water partition coefficient (Wildman–Crippen LogP) is 13.1. The molecular weight excluding hydrogens is 731 g/mol. The average molecular weight is 766 g/mol. The molecule has 3 heterocycles. The number of fused-ring (bicyclic) bond motifs is 11. The fraction of sp³-hybridized carbons (Fsp3) is 0. The first-order valence-corrected chi connectivity index (χ1v) is 21.9. The van der Waals surface area contributed by atoms with Gasteiger partial charge in [-0.1, -0.05) is 156 Å². The van der Waals surface area contributed by atoms with E-state index in [1.807, 2.05) is 12.1 Å². The van der Waals surface area contributed by atoms with E-state index in [4.69, 9.17) is 4.42 Å². The monoisotopic (exact) mass is 765 g/mol. The van der Waals surface area contributed by atoms with Gasteiger partial charge in [-0.15, -0.1) is 0 Å². The molecule has 1 aliphatic heterocycles. The van der Waals surface area contributed by atoms with Gasteiger partial charge < -0.3 is 8.98 Å². The molecule has 1 aliphatic rings. The van der Waals surface area contributed by atoms with Crippen LogP contribution in [0.25, 0.3) is 115 Å². The van der Waals surface area contributed by atoms with Crippen molar-refractivity contribution < 1.29 is 4.42 Å². The van der Waals surface area contributed by atoms with Crippen molar-refractivity contribution in [2.75, 3.05) is 0 Å². The Kier molecular flexibility index (Phi) is 6.92. The topological polar surface area (TPSA) is 18.1 Å². The highest BCUT2D eigenvalue weighted by molar-refractivity contribution is 6.73. The third kappa shape index (κ3) is 4.99. The zero-order valence-corrected chi connectivity index (χ0v) is 33.5. The van der Waals surface area contributed by atoms with Crippen LogP contribution in [0.4, 0.5) is 0 Å². The summed E-state index contributed by atoms with van der Waals surface area (Å²) in [7, 11) is -0.718. The molecule has 2 aromatic heterocycles. The van der Waals surface area contributed by atoms with Gasteiger partial charge in [0.2, 0.25) is 0 Å². The molecule has 0 fully saturated rings. The number of furan rings is 1. The second-order valence-corrected chi connectivity index (χ2v) is 17.9. The summed E-state index contributed by atoms with van der Waals surface area (Å²) in [5.41, 5.74) is 15.8. The maximum Gasteiger partial charge on any atom is 0.135 e. The Bertz CT molecular complexity index is 3570. The predicted molar refractivity (Wildman–Crippen MR) is 253 cm³/mol. The van der Waals surface area contributed by atoms with Gasteiger partial charge in [-0.3, -0.25) is 0 Å². The van der Waals surface area contributed by atoms with Crippen LogP contribution in [-0.4, -0.2) is 14.1 Å². The van der Waals surface area contributed by atoms with Gasteiger partial charge >= 0.3 is 0 Å². The number of nitrogens with zero attached hydrogens (tertiary/aromatic N) is 1. The van der Waals surface area contributed by atoms with E-state index in [1.54, 1.807) is 0 Å². The zero-order valence-electron chi connectivity index (χ0n) is 32.1. The Labute approximate surface area is 343 Å². The highest BCUT2D eigenvalue weighted by Crippen LogP contribution is 2.40. The first kappa shape index (κ1) is 32.6. The van der Waals surface area contributed by atoms with Crippen LogP contribution in [0.1, 0.15) is 0 Å². The van der Waals surface area contributed by atoms with Crippen LogP contribution in [0, 0.1) is 0 Å². The molecule has 13 rings (SSSR count). The average Bonchev–Trinajstić information content (AvgIpc) is 3.96. The summed E-state index contributed by atoms with van der Waals surface area (Å²) in [5.74, 6) is 0. The molecule has 0 radical (unpaired) electrons. The molecule has 0 amide bonds. The van der Waals surface area contributed by atoms with Gasteiger partial charge in [0.05, 0.1) is 20.6 Å². The fourth-order valence-electron chi connectivity index (χ4n) is 10.0.